The van der Waals surface area contributed by atoms with Gasteiger partial charge < -0.3 is 5.32 Å². The summed E-state index contributed by atoms with van der Waals surface area (Å²) in [5.41, 5.74) is 0. The van der Waals surface area contributed by atoms with Gasteiger partial charge in [0.2, 0.25) is 0 Å². The molecule has 3 nitrogen and oxygen atoms in total. The smallest absolute Gasteiger partial charge is 0.0638 e. The van der Waals surface area contributed by atoms with Gasteiger partial charge in [0.25, 0.3) is 0 Å². The monoisotopic (exact) mass is 221 g/mol. The van der Waals surface area contributed by atoms with Crippen LogP contribution in [0.25, 0.3) is 0 Å². The molecule has 1 saturated heterocycles. The lowest BCUT2D eigenvalue weighted by Crippen LogP contribution is -2.43. The van der Waals surface area contributed by atoms with Gasteiger partial charge in [0.1, 0.15) is 0 Å². The summed E-state index contributed by atoms with van der Waals surface area (Å²) < 4.78 is 0. The molecule has 2 fully saturated rings. The first kappa shape index (κ1) is 11.9. The highest BCUT2D eigenvalue weighted by Gasteiger charge is 2.33. The van der Waals surface area contributed by atoms with Crippen LogP contribution in [0.2, 0.25) is 0 Å². The predicted molar refractivity (Wildman–Crippen MR) is 65.0 cm³/mol. The summed E-state index contributed by atoms with van der Waals surface area (Å²) >= 11 is 0. The highest BCUT2D eigenvalue weighted by Crippen LogP contribution is 2.30. The highest BCUT2D eigenvalue weighted by atomic mass is 15.2. The fourth-order valence-electron chi connectivity index (χ4n) is 2.72. The zero-order chi connectivity index (χ0) is 11.4. The van der Waals surface area contributed by atoms with Crippen molar-refractivity contribution >= 4 is 0 Å². The molecule has 2 unspecified atom stereocenters. The maximum absolute atomic E-state index is 8.80. The largest absolute Gasteiger partial charge is 0.316 e. The second-order valence-electron chi connectivity index (χ2n) is 5.35. The first-order valence-corrected chi connectivity index (χ1v) is 6.64. The summed E-state index contributed by atoms with van der Waals surface area (Å²) in [6, 6.07) is 3.54. The van der Waals surface area contributed by atoms with Crippen LogP contribution >= 0.6 is 0 Å². The number of hydrogen-bond acceptors (Lipinski definition) is 3. The SMILES string of the molecule is CC(CC#N)N(CC1CCCNC1)C1CC1. The van der Waals surface area contributed by atoms with Crippen molar-refractivity contribution < 1.29 is 0 Å². The topological polar surface area (TPSA) is 39.1 Å². The van der Waals surface area contributed by atoms with Crippen molar-refractivity contribution in [3.63, 3.8) is 0 Å². The predicted octanol–water partition coefficient (Wildman–Crippen LogP) is 1.75. The fraction of sp³-hybridized carbons (Fsp3) is 0.923. The number of nitrogens with zero attached hydrogens (tertiary/aromatic N) is 2. The van der Waals surface area contributed by atoms with Gasteiger partial charge in [-0.1, -0.05) is 0 Å². The van der Waals surface area contributed by atoms with Gasteiger partial charge in [-0.2, -0.15) is 5.26 Å². The molecule has 2 rings (SSSR count). The number of piperidine rings is 1. The Bertz CT molecular complexity index is 248. The molecule has 1 aliphatic carbocycles. The van der Waals surface area contributed by atoms with E-state index in [0.717, 1.165) is 12.0 Å². The number of hydrogen-bond donors (Lipinski definition) is 1. The number of nitriles is 1. The molecule has 3 heteroatoms. The molecule has 0 bridgehead atoms. The van der Waals surface area contributed by atoms with E-state index in [-0.39, 0.29) is 0 Å². The van der Waals surface area contributed by atoms with E-state index in [4.69, 9.17) is 5.26 Å². The third kappa shape index (κ3) is 3.20. The summed E-state index contributed by atoms with van der Waals surface area (Å²) in [5, 5.41) is 12.3. The third-order valence-corrected chi connectivity index (χ3v) is 3.84. The Balaban J connectivity index is 1.84. The van der Waals surface area contributed by atoms with Crippen molar-refractivity contribution in [1.29, 1.82) is 5.26 Å². The van der Waals surface area contributed by atoms with Gasteiger partial charge in [-0.3, -0.25) is 4.90 Å². The fourth-order valence-corrected chi connectivity index (χ4v) is 2.72. The van der Waals surface area contributed by atoms with Crippen LogP contribution in [0.4, 0.5) is 0 Å². The van der Waals surface area contributed by atoms with Crippen LogP contribution in [0.5, 0.6) is 0 Å². The summed E-state index contributed by atoms with van der Waals surface area (Å²) in [7, 11) is 0. The standard InChI is InChI=1S/C13H23N3/c1-11(6-7-14)16(13-4-5-13)10-12-3-2-8-15-9-12/h11-13,15H,2-6,8-10H2,1H3. The molecule has 0 radical (unpaired) electrons. The van der Waals surface area contributed by atoms with Gasteiger partial charge in [0, 0.05) is 18.6 Å². The second kappa shape index (κ2) is 5.65. The van der Waals surface area contributed by atoms with E-state index in [2.05, 4.69) is 23.2 Å². The molecule has 90 valence electrons. The van der Waals surface area contributed by atoms with Gasteiger partial charge in [-0.25, -0.2) is 0 Å². The third-order valence-electron chi connectivity index (χ3n) is 3.84. The number of rotatable bonds is 5. The molecule has 0 amide bonds. The van der Waals surface area contributed by atoms with Crippen LogP contribution in [0.15, 0.2) is 0 Å². The lowest BCUT2D eigenvalue weighted by molar-refractivity contribution is 0.155. The first-order chi connectivity index (χ1) is 7.81. The molecule has 2 atom stereocenters. The van der Waals surface area contributed by atoms with Crippen molar-refractivity contribution in [2.45, 2.75) is 51.1 Å². The zero-order valence-corrected chi connectivity index (χ0v) is 10.3. The van der Waals surface area contributed by atoms with E-state index in [0.29, 0.717) is 12.5 Å². The van der Waals surface area contributed by atoms with Gasteiger partial charge in [-0.15, -0.1) is 0 Å². The molecular weight excluding hydrogens is 198 g/mol. The van der Waals surface area contributed by atoms with Crippen LogP contribution in [0.3, 0.4) is 0 Å². The highest BCUT2D eigenvalue weighted by molar-refractivity contribution is 4.92. The first-order valence-electron chi connectivity index (χ1n) is 6.64. The Hall–Kier alpha value is -0.590. The molecule has 0 spiro atoms. The van der Waals surface area contributed by atoms with Crippen molar-refractivity contribution in [2.75, 3.05) is 19.6 Å². The van der Waals surface area contributed by atoms with Crippen LogP contribution in [-0.4, -0.2) is 36.6 Å². The van der Waals surface area contributed by atoms with Crippen LogP contribution in [0, 0.1) is 17.2 Å². The molecule has 16 heavy (non-hydrogen) atoms. The van der Waals surface area contributed by atoms with E-state index >= 15 is 0 Å². The van der Waals surface area contributed by atoms with Crippen LogP contribution in [0.1, 0.15) is 39.0 Å². The van der Waals surface area contributed by atoms with E-state index in [9.17, 15) is 0 Å². The molecule has 1 heterocycles. The second-order valence-corrected chi connectivity index (χ2v) is 5.35. The molecule has 1 aliphatic heterocycles. The molecule has 2 aliphatic rings. The van der Waals surface area contributed by atoms with E-state index in [1.54, 1.807) is 0 Å². The summed E-state index contributed by atoms with van der Waals surface area (Å²) in [6.45, 7) is 5.76. The van der Waals surface area contributed by atoms with E-state index in [1.165, 1.54) is 45.3 Å². The Morgan fingerprint density at radius 3 is 2.81 bits per heavy atom. The maximum Gasteiger partial charge on any atom is 0.0638 e. The zero-order valence-electron chi connectivity index (χ0n) is 10.3. The van der Waals surface area contributed by atoms with Crippen molar-refractivity contribution in [1.82, 2.24) is 10.2 Å². The average molecular weight is 221 g/mol. The molecule has 0 aromatic carbocycles. The van der Waals surface area contributed by atoms with Crippen LogP contribution < -0.4 is 5.32 Å². The van der Waals surface area contributed by atoms with Crippen molar-refractivity contribution in [2.24, 2.45) is 5.92 Å². The lowest BCUT2D eigenvalue weighted by Gasteiger charge is -2.33. The number of nitrogens with one attached hydrogen (secondary N) is 1. The van der Waals surface area contributed by atoms with E-state index < -0.39 is 0 Å². The van der Waals surface area contributed by atoms with Crippen molar-refractivity contribution in [3.8, 4) is 6.07 Å². The Morgan fingerprint density at radius 2 is 2.25 bits per heavy atom. The Morgan fingerprint density at radius 1 is 1.44 bits per heavy atom. The summed E-state index contributed by atoms with van der Waals surface area (Å²) in [4.78, 5) is 2.58. The molecule has 1 saturated carbocycles. The van der Waals surface area contributed by atoms with Gasteiger partial charge >= 0.3 is 0 Å². The molecule has 1 N–H and O–H groups in total. The van der Waals surface area contributed by atoms with E-state index in [1.807, 2.05) is 0 Å². The normalized spacial score (nSPS) is 27.7. The molecule has 0 aromatic heterocycles. The van der Waals surface area contributed by atoms with Gasteiger partial charge in [0.05, 0.1) is 12.5 Å². The summed E-state index contributed by atoms with van der Waals surface area (Å²) in [5.74, 6) is 0.801. The summed E-state index contributed by atoms with van der Waals surface area (Å²) in [6.07, 6.45) is 6.04. The Labute approximate surface area is 98.8 Å². The Kier molecular flexibility index (Phi) is 4.20. The van der Waals surface area contributed by atoms with Gasteiger partial charge in [0.15, 0.2) is 0 Å². The lowest BCUT2D eigenvalue weighted by atomic mass is 9.98. The minimum Gasteiger partial charge on any atom is -0.316 e. The van der Waals surface area contributed by atoms with Gasteiger partial charge in [-0.05, 0) is 51.6 Å². The van der Waals surface area contributed by atoms with Crippen LogP contribution in [-0.2, 0) is 0 Å². The molecule has 0 aromatic rings. The average Bonchev–Trinajstić information content (AvgIpc) is 3.11. The quantitative estimate of drug-likeness (QED) is 0.769. The molecular formula is C13H23N3. The van der Waals surface area contributed by atoms with Crippen molar-refractivity contribution in [3.05, 3.63) is 0 Å². The minimum atomic E-state index is 0.444. The maximum atomic E-state index is 8.80. The minimum absolute atomic E-state index is 0.444.